The summed E-state index contributed by atoms with van der Waals surface area (Å²) in [6, 6.07) is 0. The van der Waals surface area contributed by atoms with E-state index in [1.54, 1.807) is 34.6 Å². The van der Waals surface area contributed by atoms with Gasteiger partial charge in [-0.3, -0.25) is 4.79 Å². The van der Waals surface area contributed by atoms with Crippen LogP contribution in [0.2, 0.25) is 0 Å². The second kappa shape index (κ2) is 3.77. The summed E-state index contributed by atoms with van der Waals surface area (Å²) in [7, 11) is 0. The van der Waals surface area contributed by atoms with Crippen LogP contribution >= 0.6 is 0 Å². The van der Waals surface area contributed by atoms with Gasteiger partial charge in [0.1, 0.15) is 6.10 Å². The van der Waals surface area contributed by atoms with Crippen LogP contribution < -0.4 is 0 Å². The molecule has 0 aromatic rings. The molecule has 0 radical (unpaired) electrons. The Morgan fingerprint density at radius 1 is 1.00 bits per heavy atom. The van der Waals surface area contributed by atoms with E-state index in [4.69, 9.17) is 23.7 Å². The Morgan fingerprint density at radius 2 is 1.68 bits per heavy atom. The highest BCUT2D eigenvalue weighted by molar-refractivity contribution is 5.87. The number of fused-ring (bicyclic) bond motifs is 3. The highest BCUT2D eigenvalue weighted by atomic mass is 16.9. The first-order valence-corrected chi connectivity index (χ1v) is 6.64. The van der Waals surface area contributed by atoms with Crippen molar-refractivity contribution in [2.45, 2.75) is 76.9 Å². The van der Waals surface area contributed by atoms with Crippen molar-refractivity contribution in [3.8, 4) is 0 Å². The maximum Gasteiger partial charge on any atom is 0.263 e. The molecule has 0 amide bonds. The van der Waals surface area contributed by atoms with Crippen molar-refractivity contribution < 1.29 is 28.5 Å². The van der Waals surface area contributed by atoms with Gasteiger partial charge in [-0.1, -0.05) is 6.92 Å². The average Bonchev–Trinajstić information content (AvgIpc) is 2.79. The number of ether oxygens (including phenoxy) is 5. The van der Waals surface area contributed by atoms with Gasteiger partial charge in [0.2, 0.25) is 0 Å². The molecule has 3 aliphatic heterocycles. The lowest BCUT2D eigenvalue weighted by Gasteiger charge is -2.28. The van der Waals surface area contributed by atoms with Crippen LogP contribution in [-0.4, -0.2) is 41.6 Å². The van der Waals surface area contributed by atoms with Crippen LogP contribution in [0.25, 0.3) is 0 Å². The van der Waals surface area contributed by atoms with Gasteiger partial charge in [0.05, 0.1) is 0 Å². The summed E-state index contributed by atoms with van der Waals surface area (Å²) >= 11 is 0. The van der Waals surface area contributed by atoms with E-state index in [9.17, 15) is 4.79 Å². The van der Waals surface area contributed by atoms with Gasteiger partial charge < -0.3 is 23.7 Å². The summed E-state index contributed by atoms with van der Waals surface area (Å²) in [6.07, 6.45) is -1.38. The zero-order valence-corrected chi connectivity index (χ0v) is 11.9. The smallest absolute Gasteiger partial charge is 0.263 e. The van der Waals surface area contributed by atoms with Crippen LogP contribution in [0.4, 0.5) is 0 Å². The molecule has 0 aromatic carbocycles. The lowest BCUT2D eigenvalue weighted by atomic mass is 10.0. The maximum atomic E-state index is 12.3. The van der Waals surface area contributed by atoms with Crippen molar-refractivity contribution in [2.24, 2.45) is 0 Å². The van der Waals surface area contributed by atoms with Crippen LogP contribution in [0.15, 0.2) is 0 Å². The van der Waals surface area contributed by atoms with Crippen molar-refractivity contribution >= 4 is 5.78 Å². The summed E-state index contributed by atoms with van der Waals surface area (Å²) in [6.45, 7) is 8.90. The Hall–Kier alpha value is -0.530. The van der Waals surface area contributed by atoms with E-state index in [0.29, 0.717) is 6.42 Å². The van der Waals surface area contributed by atoms with E-state index >= 15 is 0 Å². The first kappa shape index (κ1) is 13.5. The second-order valence-corrected chi connectivity index (χ2v) is 6.07. The minimum atomic E-state index is -1.40. The molecule has 3 fully saturated rings. The molecule has 3 aliphatic rings. The van der Waals surface area contributed by atoms with Crippen LogP contribution in [0, 0.1) is 0 Å². The molecule has 0 spiro atoms. The molecule has 19 heavy (non-hydrogen) atoms. The monoisotopic (exact) mass is 272 g/mol. The van der Waals surface area contributed by atoms with Crippen LogP contribution in [0.1, 0.15) is 41.0 Å². The third-order valence-corrected chi connectivity index (χ3v) is 3.57. The van der Waals surface area contributed by atoms with Crippen LogP contribution in [-0.2, 0) is 28.5 Å². The van der Waals surface area contributed by atoms with Gasteiger partial charge in [-0.05, 0) is 27.7 Å². The lowest BCUT2D eigenvalue weighted by Crippen LogP contribution is -2.49. The van der Waals surface area contributed by atoms with Gasteiger partial charge >= 0.3 is 0 Å². The number of hydrogen-bond donors (Lipinski definition) is 0. The first-order chi connectivity index (χ1) is 8.69. The fourth-order valence-corrected chi connectivity index (χ4v) is 2.96. The zero-order valence-electron chi connectivity index (χ0n) is 11.9. The average molecular weight is 272 g/mol. The molecule has 3 saturated heterocycles. The molecule has 0 aromatic heterocycles. The summed E-state index contributed by atoms with van der Waals surface area (Å²) < 4.78 is 28.8. The molecule has 0 N–H and O–H groups in total. The van der Waals surface area contributed by atoms with E-state index in [-0.39, 0.29) is 5.78 Å². The number of carbonyl (C=O) groups excluding carboxylic acids is 1. The van der Waals surface area contributed by atoms with Gasteiger partial charge in [-0.25, -0.2) is 0 Å². The third kappa shape index (κ3) is 1.86. The van der Waals surface area contributed by atoms with Crippen molar-refractivity contribution in [2.75, 3.05) is 0 Å². The quantitative estimate of drug-likeness (QED) is 0.755. The molecule has 6 heteroatoms. The lowest BCUT2D eigenvalue weighted by molar-refractivity contribution is -0.291. The van der Waals surface area contributed by atoms with E-state index in [1.807, 2.05) is 0 Å². The molecule has 108 valence electrons. The number of ketones is 1. The third-order valence-electron chi connectivity index (χ3n) is 3.57. The Labute approximate surface area is 112 Å². The van der Waals surface area contributed by atoms with Gasteiger partial charge in [-0.2, -0.15) is 0 Å². The zero-order chi connectivity index (χ0) is 14.1. The number of hydrogen-bond acceptors (Lipinski definition) is 6. The van der Waals surface area contributed by atoms with E-state index in [0.717, 1.165) is 0 Å². The molecular weight excluding hydrogens is 252 g/mol. The predicted octanol–water partition coefficient (Wildman–Crippen LogP) is 1.32. The fourth-order valence-electron chi connectivity index (χ4n) is 2.96. The summed E-state index contributed by atoms with van der Waals surface area (Å²) in [4.78, 5) is 12.3. The largest absolute Gasteiger partial charge is 0.339 e. The Bertz CT molecular complexity index is 417. The van der Waals surface area contributed by atoms with Crippen molar-refractivity contribution in [3.05, 3.63) is 0 Å². The summed E-state index contributed by atoms with van der Waals surface area (Å²) in [5.74, 6) is -3.17. The Kier molecular flexibility index (Phi) is 2.67. The highest BCUT2D eigenvalue weighted by Gasteiger charge is 2.71. The Morgan fingerprint density at radius 3 is 2.32 bits per heavy atom. The van der Waals surface area contributed by atoms with Crippen LogP contribution in [0.3, 0.4) is 0 Å². The SMILES string of the molecule is CCC(=O)[C@@]12O[C@H]3OC(C)(C)O[C@@H]3[C@H]1OC(C)(C)O2. The van der Waals surface area contributed by atoms with Gasteiger partial charge in [-0.15, -0.1) is 0 Å². The van der Waals surface area contributed by atoms with E-state index in [2.05, 4.69) is 0 Å². The van der Waals surface area contributed by atoms with E-state index in [1.165, 1.54) is 0 Å². The van der Waals surface area contributed by atoms with Gasteiger partial charge in [0.15, 0.2) is 29.8 Å². The van der Waals surface area contributed by atoms with Gasteiger partial charge in [0.25, 0.3) is 5.79 Å². The highest BCUT2D eigenvalue weighted by Crippen LogP contribution is 2.51. The topological polar surface area (TPSA) is 63.2 Å². The summed E-state index contributed by atoms with van der Waals surface area (Å²) in [5, 5.41) is 0. The predicted molar refractivity (Wildman–Crippen MR) is 63.0 cm³/mol. The van der Waals surface area contributed by atoms with Crippen LogP contribution in [0.5, 0.6) is 0 Å². The molecule has 3 heterocycles. The molecule has 3 rings (SSSR count). The number of carbonyl (C=O) groups is 1. The van der Waals surface area contributed by atoms with Gasteiger partial charge in [0, 0.05) is 6.42 Å². The molecule has 0 saturated carbocycles. The standard InChI is InChI=1S/C13H20O6/c1-6-7(14)13-9(16-12(4,5)19-13)8-10(18-13)17-11(2,3)15-8/h8-10H,6H2,1-5H3/t8-,9-,10-,13+/m1/s1. The molecule has 6 nitrogen and oxygen atoms in total. The van der Waals surface area contributed by atoms with Crippen molar-refractivity contribution in [1.82, 2.24) is 0 Å². The molecule has 0 unspecified atom stereocenters. The fraction of sp³-hybridized carbons (Fsp3) is 0.923. The first-order valence-electron chi connectivity index (χ1n) is 6.64. The number of rotatable bonds is 2. The minimum absolute atomic E-state index is 0.150. The normalized spacial score (nSPS) is 46.1. The molecule has 4 atom stereocenters. The van der Waals surface area contributed by atoms with Crippen molar-refractivity contribution in [3.63, 3.8) is 0 Å². The maximum absolute atomic E-state index is 12.3. The minimum Gasteiger partial charge on any atom is -0.339 e. The van der Waals surface area contributed by atoms with Crippen molar-refractivity contribution in [1.29, 1.82) is 0 Å². The molecule has 0 bridgehead atoms. The summed E-state index contributed by atoms with van der Waals surface area (Å²) in [5.41, 5.74) is 0. The molecule has 0 aliphatic carbocycles. The number of Topliss-reactive ketones (excluding diaryl/α,β-unsaturated/α-hetero) is 1. The van der Waals surface area contributed by atoms with E-state index < -0.39 is 35.9 Å². The second-order valence-electron chi connectivity index (χ2n) is 6.07. The Balaban J connectivity index is 1.94. The molecular formula is C13H20O6.